The molecule has 0 spiro atoms. The van der Waals surface area contributed by atoms with Crippen LogP contribution in [0.5, 0.6) is 0 Å². The van der Waals surface area contributed by atoms with Crippen LogP contribution in [0.3, 0.4) is 0 Å². The molecule has 0 radical (unpaired) electrons. The fourth-order valence-electron chi connectivity index (χ4n) is 2.17. The van der Waals surface area contributed by atoms with E-state index in [1.165, 1.54) is 12.1 Å². The molecule has 3 rings (SSSR count). The van der Waals surface area contributed by atoms with Gasteiger partial charge in [0.15, 0.2) is 0 Å². The van der Waals surface area contributed by atoms with E-state index in [9.17, 15) is 9.18 Å². The summed E-state index contributed by atoms with van der Waals surface area (Å²) in [7, 11) is 0. The second-order valence-electron chi connectivity index (χ2n) is 5.11. The van der Waals surface area contributed by atoms with E-state index in [2.05, 4.69) is 15.9 Å². The number of esters is 1. The van der Waals surface area contributed by atoms with Crippen LogP contribution in [0.1, 0.15) is 34.9 Å². The van der Waals surface area contributed by atoms with Crippen LogP contribution in [0.15, 0.2) is 34.9 Å². The summed E-state index contributed by atoms with van der Waals surface area (Å²) in [5, 5.41) is 0. The van der Waals surface area contributed by atoms with Gasteiger partial charge in [-0.25, -0.2) is 9.18 Å². The third kappa shape index (κ3) is 3.10. The van der Waals surface area contributed by atoms with Gasteiger partial charge in [-0.15, -0.1) is 0 Å². The summed E-state index contributed by atoms with van der Waals surface area (Å²) in [6.07, 6.45) is 3.87. The van der Waals surface area contributed by atoms with Gasteiger partial charge < -0.3 is 15.0 Å². The first-order valence-electron chi connectivity index (χ1n) is 6.63. The topological polar surface area (TPSA) is 57.3 Å². The summed E-state index contributed by atoms with van der Waals surface area (Å²) in [4.78, 5) is 12.2. The molecule has 1 saturated carbocycles. The molecule has 2 aromatic rings. The number of nitrogens with zero attached hydrogens (tertiary/aromatic N) is 1. The molecule has 0 amide bonds. The van der Waals surface area contributed by atoms with Crippen LogP contribution in [0.25, 0.3) is 0 Å². The van der Waals surface area contributed by atoms with E-state index >= 15 is 0 Å². The van der Waals surface area contributed by atoms with Crippen molar-refractivity contribution in [1.82, 2.24) is 4.57 Å². The van der Waals surface area contributed by atoms with Crippen molar-refractivity contribution in [2.45, 2.75) is 25.5 Å². The molecule has 1 aliphatic carbocycles. The molecule has 0 saturated heterocycles. The van der Waals surface area contributed by atoms with Gasteiger partial charge in [-0.2, -0.15) is 0 Å². The number of hydrogen-bond acceptors (Lipinski definition) is 3. The number of ether oxygens (including phenoxy) is 1. The van der Waals surface area contributed by atoms with E-state index in [4.69, 9.17) is 10.5 Å². The zero-order valence-corrected chi connectivity index (χ0v) is 12.8. The number of carbonyl (C=O) groups excluding carboxylic acids is 1. The van der Waals surface area contributed by atoms with Gasteiger partial charge in [0, 0.05) is 22.3 Å². The summed E-state index contributed by atoms with van der Waals surface area (Å²) in [6.45, 7) is 0.0788. The van der Waals surface area contributed by atoms with Crippen LogP contribution < -0.4 is 5.73 Å². The molecule has 0 bridgehead atoms. The normalized spacial score (nSPS) is 14.2. The highest BCUT2D eigenvalue weighted by atomic mass is 79.9. The van der Waals surface area contributed by atoms with Crippen LogP contribution >= 0.6 is 15.9 Å². The molecule has 2 N–H and O–H groups in total. The number of aromatic nitrogens is 1. The molecule has 6 heteroatoms. The minimum Gasteiger partial charge on any atom is -0.456 e. The van der Waals surface area contributed by atoms with Gasteiger partial charge in [0.2, 0.25) is 0 Å². The van der Waals surface area contributed by atoms with Crippen LogP contribution in [0.2, 0.25) is 0 Å². The maximum absolute atomic E-state index is 13.0. The molecular weight excluding hydrogens is 339 g/mol. The molecule has 1 aromatic heterocycles. The van der Waals surface area contributed by atoms with E-state index in [-0.39, 0.29) is 12.4 Å². The average Bonchev–Trinajstić information content (AvgIpc) is 3.20. The van der Waals surface area contributed by atoms with Crippen molar-refractivity contribution >= 4 is 27.6 Å². The molecule has 1 fully saturated rings. The van der Waals surface area contributed by atoms with Crippen LogP contribution in [-0.2, 0) is 11.3 Å². The van der Waals surface area contributed by atoms with Crippen LogP contribution in [-0.4, -0.2) is 10.5 Å². The molecule has 0 aliphatic heterocycles. The van der Waals surface area contributed by atoms with Crippen molar-refractivity contribution in [2.75, 3.05) is 5.73 Å². The third-order valence-corrected chi connectivity index (χ3v) is 4.13. The minimum atomic E-state index is -0.421. The SMILES string of the molecule is Nc1cc(C(=O)OCc2ccc(F)cc2Br)n(C2CC2)c1. The Bertz CT molecular complexity index is 695. The van der Waals surface area contributed by atoms with Gasteiger partial charge in [-0.3, -0.25) is 0 Å². The average molecular weight is 353 g/mol. The van der Waals surface area contributed by atoms with Crippen molar-refractivity contribution in [1.29, 1.82) is 0 Å². The van der Waals surface area contributed by atoms with Gasteiger partial charge in [0.1, 0.15) is 18.1 Å². The quantitative estimate of drug-likeness (QED) is 0.854. The van der Waals surface area contributed by atoms with E-state index in [1.54, 1.807) is 18.3 Å². The minimum absolute atomic E-state index is 0.0788. The fraction of sp³-hybridized carbons (Fsp3) is 0.267. The van der Waals surface area contributed by atoms with Crippen molar-refractivity contribution in [3.63, 3.8) is 0 Å². The molecular formula is C15H14BrFN2O2. The van der Waals surface area contributed by atoms with Gasteiger partial charge in [0.25, 0.3) is 0 Å². The highest BCUT2D eigenvalue weighted by Crippen LogP contribution is 2.37. The lowest BCUT2D eigenvalue weighted by Gasteiger charge is -2.09. The van der Waals surface area contributed by atoms with Gasteiger partial charge >= 0.3 is 5.97 Å². The Balaban J connectivity index is 1.72. The molecule has 21 heavy (non-hydrogen) atoms. The maximum atomic E-state index is 13.0. The zero-order valence-electron chi connectivity index (χ0n) is 11.2. The van der Waals surface area contributed by atoms with E-state index < -0.39 is 5.97 Å². The van der Waals surface area contributed by atoms with Crippen molar-refractivity contribution < 1.29 is 13.9 Å². The van der Waals surface area contributed by atoms with E-state index in [1.807, 2.05) is 4.57 Å². The number of nitrogens with two attached hydrogens (primary N) is 1. The Kier molecular flexibility index (Phi) is 3.71. The van der Waals surface area contributed by atoms with Gasteiger partial charge in [-0.05, 0) is 31.0 Å². The third-order valence-electron chi connectivity index (χ3n) is 3.39. The molecule has 0 unspecified atom stereocenters. The summed E-state index contributed by atoms with van der Waals surface area (Å²) in [6, 6.07) is 6.23. The number of nitrogen functional groups attached to an aromatic ring is 1. The van der Waals surface area contributed by atoms with Crippen LogP contribution in [0.4, 0.5) is 10.1 Å². The van der Waals surface area contributed by atoms with E-state index in [0.717, 1.165) is 12.8 Å². The van der Waals surface area contributed by atoms with Crippen molar-refractivity contribution in [2.24, 2.45) is 0 Å². The summed E-state index contributed by atoms with van der Waals surface area (Å²) < 4.78 is 20.8. The number of hydrogen-bond donors (Lipinski definition) is 1. The number of carbonyl (C=O) groups is 1. The second-order valence-corrected chi connectivity index (χ2v) is 5.96. The van der Waals surface area contributed by atoms with Gasteiger partial charge in [0.05, 0.1) is 5.69 Å². The maximum Gasteiger partial charge on any atom is 0.355 e. The Morgan fingerprint density at radius 1 is 1.43 bits per heavy atom. The van der Waals surface area contributed by atoms with E-state index in [0.29, 0.717) is 27.5 Å². The predicted octanol–water partition coefficient (Wildman–Crippen LogP) is 3.66. The molecule has 0 atom stereocenters. The summed E-state index contributed by atoms with van der Waals surface area (Å²) >= 11 is 3.25. The largest absolute Gasteiger partial charge is 0.456 e. The zero-order chi connectivity index (χ0) is 15.0. The lowest BCUT2D eigenvalue weighted by molar-refractivity contribution is 0.0459. The first-order valence-corrected chi connectivity index (χ1v) is 7.42. The molecule has 1 heterocycles. The van der Waals surface area contributed by atoms with Crippen molar-refractivity contribution in [3.05, 3.63) is 52.0 Å². The first-order chi connectivity index (χ1) is 10.0. The lowest BCUT2D eigenvalue weighted by atomic mass is 10.2. The van der Waals surface area contributed by atoms with Crippen LogP contribution in [0, 0.1) is 5.82 Å². The highest BCUT2D eigenvalue weighted by Gasteiger charge is 2.28. The van der Waals surface area contributed by atoms with Crippen molar-refractivity contribution in [3.8, 4) is 0 Å². The summed E-state index contributed by atoms with van der Waals surface area (Å²) in [5.41, 5.74) is 7.48. The van der Waals surface area contributed by atoms with Gasteiger partial charge in [-0.1, -0.05) is 22.0 Å². The second kappa shape index (κ2) is 5.52. The number of benzene rings is 1. The monoisotopic (exact) mass is 352 g/mol. The Labute approximate surface area is 129 Å². The Hall–Kier alpha value is -1.82. The number of anilines is 1. The molecule has 1 aromatic carbocycles. The fourth-order valence-corrected chi connectivity index (χ4v) is 2.64. The molecule has 1 aliphatic rings. The summed E-state index contributed by atoms with van der Waals surface area (Å²) in [5.74, 6) is -0.762. The molecule has 4 nitrogen and oxygen atoms in total. The number of halogens is 2. The number of rotatable bonds is 4. The standard InChI is InChI=1S/C15H14BrFN2O2/c16-13-5-10(17)2-1-9(13)8-21-15(20)14-6-11(18)7-19(14)12-3-4-12/h1-2,5-7,12H,3-4,8,18H2. The smallest absolute Gasteiger partial charge is 0.355 e. The predicted molar refractivity (Wildman–Crippen MR) is 80.3 cm³/mol. The lowest BCUT2D eigenvalue weighted by Crippen LogP contribution is -2.11. The Morgan fingerprint density at radius 3 is 2.86 bits per heavy atom. The first kappa shape index (κ1) is 14.1. The highest BCUT2D eigenvalue weighted by molar-refractivity contribution is 9.10. The Morgan fingerprint density at radius 2 is 2.19 bits per heavy atom. The molecule has 110 valence electrons.